The van der Waals surface area contributed by atoms with Crippen molar-refractivity contribution >= 4 is 23.2 Å². The maximum atomic E-state index is 12.4. The van der Waals surface area contributed by atoms with Crippen LogP contribution in [0.4, 0.5) is 5.69 Å². The third-order valence-electron chi connectivity index (χ3n) is 4.86. The highest BCUT2D eigenvalue weighted by Crippen LogP contribution is 2.17. The first kappa shape index (κ1) is 19.3. The van der Waals surface area contributed by atoms with Crippen LogP contribution in [-0.2, 0) is 17.9 Å². The Morgan fingerprint density at radius 1 is 1.22 bits per heavy atom. The lowest BCUT2D eigenvalue weighted by atomic mass is 10.2. The Bertz CT molecular complexity index is 813. The first-order valence-corrected chi connectivity index (χ1v) is 9.23. The van der Waals surface area contributed by atoms with Gasteiger partial charge in [-0.25, -0.2) is 0 Å². The molecule has 1 aliphatic rings. The molecule has 2 aromatic rings. The lowest BCUT2D eigenvalue weighted by Gasteiger charge is -2.34. The molecule has 144 valence electrons. The largest absolute Gasteiger partial charge is 0.340 e. The minimum Gasteiger partial charge on any atom is -0.340 e. The number of benzene rings is 1. The van der Waals surface area contributed by atoms with Crippen molar-refractivity contribution in [3.63, 3.8) is 0 Å². The fourth-order valence-electron chi connectivity index (χ4n) is 3.20. The van der Waals surface area contributed by atoms with E-state index in [4.69, 9.17) is 11.6 Å². The molecule has 0 bridgehead atoms. The molecule has 0 atom stereocenters. The number of aryl methyl sites for hydroxylation is 1. The second-order valence-electron chi connectivity index (χ2n) is 6.63. The molecule has 8 nitrogen and oxygen atoms in total. The summed E-state index contributed by atoms with van der Waals surface area (Å²) in [5.41, 5.74) is 1.66. The number of nitro groups is 1. The molecule has 0 spiro atoms. The second kappa shape index (κ2) is 8.49. The molecule has 0 radical (unpaired) electrons. The van der Waals surface area contributed by atoms with Crippen LogP contribution in [0.15, 0.2) is 30.5 Å². The van der Waals surface area contributed by atoms with E-state index in [1.807, 2.05) is 29.2 Å². The lowest BCUT2D eigenvalue weighted by Crippen LogP contribution is -2.48. The van der Waals surface area contributed by atoms with E-state index in [-0.39, 0.29) is 18.0 Å². The predicted molar refractivity (Wildman–Crippen MR) is 102 cm³/mol. The Kier molecular flexibility index (Phi) is 6.08. The number of aromatic nitrogens is 2. The number of carbonyl (C=O) groups is 1. The van der Waals surface area contributed by atoms with Gasteiger partial charge in [0.1, 0.15) is 11.9 Å². The van der Waals surface area contributed by atoms with E-state index in [1.54, 1.807) is 6.92 Å². The van der Waals surface area contributed by atoms with E-state index < -0.39 is 4.92 Å². The summed E-state index contributed by atoms with van der Waals surface area (Å²) in [4.78, 5) is 27.0. The maximum absolute atomic E-state index is 12.4. The number of hydrogen-bond acceptors (Lipinski definition) is 5. The zero-order valence-corrected chi connectivity index (χ0v) is 15.9. The SMILES string of the molecule is Cc1c([N+](=O)[O-])cnn1CCC(=O)N1CCN(Cc2ccc(Cl)cc2)CC1. The van der Waals surface area contributed by atoms with Crippen LogP contribution in [0.1, 0.15) is 17.7 Å². The Morgan fingerprint density at radius 3 is 2.48 bits per heavy atom. The van der Waals surface area contributed by atoms with Crippen LogP contribution >= 0.6 is 11.6 Å². The van der Waals surface area contributed by atoms with Gasteiger partial charge >= 0.3 is 5.69 Å². The summed E-state index contributed by atoms with van der Waals surface area (Å²) in [5, 5.41) is 15.6. The van der Waals surface area contributed by atoms with E-state index in [1.165, 1.54) is 16.4 Å². The highest BCUT2D eigenvalue weighted by molar-refractivity contribution is 6.30. The van der Waals surface area contributed by atoms with Crippen molar-refractivity contribution < 1.29 is 9.72 Å². The second-order valence-corrected chi connectivity index (χ2v) is 7.07. The van der Waals surface area contributed by atoms with Gasteiger partial charge in [-0.15, -0.1) is 0 Å². The van der Waals surface area contributed by atoms with E-state index in [9.17, 15) is 14.9 Å². The number of carbonyl (C=O) groups excluding carboxylic acids is 1. The summed E-state index contributed by atoms with van der Waals surface area (Å²) in [6, 6.07) is 7.81. The Balaban J connectivity index is 1.46. The Hall–Kier alpha value is -2.45. The normalized spacial score (nSPS) is 15.1. The standard InChI is InChI=1S/C18H22ClN5O3/c1-14-17(24(26)27)12-20-23(14)7-6-18(25)22-10-8-21(9-11-22)13-15-2-4-16(19)5-3-15/h2-5,12H,6-11,13H2,1H3. The van der Waals surface area contributed by atoms with Gasteiger partial charge in [-0.1, -0.05) is 23.7 Å². The summed E-state index contributed by atoms with van der Waals surface area (Å²) in [5.74, 6) is 0.0543. The summed E-state index contributed by atoms with van der Waals surface area (Å²) < 4.78 is 1.52. The van der Waals surface area contributed by atoms with Crippen LogP contribution in [-0.4, -0.2) is 56.6 Å². The van der Waals surface area contributed by atoms with Crippen molar-refractivity contribution in [1.82, 2.24) is 19.6 Å². The molecule has 2 heterocycles. The van der Waals surface area contributed by atoms with Crippen LogP contribution in [0.25, 0.3) is 0 Å². The third kappa shape index (κ3) is 4.84. The Morgan fingerprint density at radius 2 is 1.89 bits per heavy atom. The zero-order valence-electron chi connectivity index (χ0n) is 15.2. The van der Waals surface area contributed by atoms with Crippen LogP contribution in [0.5, 0.6) is 0 Å². The summed E-state index contributed by atoms with van der Waals surface area (Å²) in [6.07, 6.45) is 1.52. The summed E-state index contributed by atoms with van der Waals surface area (Å²) in [6.45, 7) is 5.85. The molecular formula is C18H22ClN5O3. The highest BCUT2D eigenvalue weighted by atomic mass is 35.5. The van der Waals surface area contributed by atoms with Crippen molar-refractivity contribution in [2.24, 2.45) is 0 Å². The third-order valence-corrected chi connectivity index (χ3v) is 5.11. The van der Waals surface area contributed by atoms with Gasteiger partial charge < -0.3 is 4.90 Å². The van der Waals surface area contributed by atoms with Gasteiger partial charge in [0.05, 0.1) is 11.5 Å². The summed E-state index contributed by atoms with van der Waals surface area (Å²) in [7, 11) is 0. The number of hydrogen-bond donors (Lipinski definition) is 0. The minimum atomic E-state index is -0.458. The van der Waals surface area contributed by atoms with Gasteiger partial charge in [0.25, 0.3) is 0 Å². The highest BCUT2D eigenvalue weighted by Gasteiger charge is 2.22. The van der Waals surface area contributed by atoms with Gasteiger partial charge in [-0.05, 0) is 24.6 Å². The van der Waals surface area contributed by atoms with Gasteiger partial charge in [-0.3, -0.25) is 24.5 Å². The first-order valence-electron chi connectivity index (χ1n) is 8.85. The molecule has 1 saturated heterocycles. The van der Waals surface area contributed by atoms with Crippen LogP contribution in [0.2, 0.25) is 5.02 Å². The molecule has 1 aromatic carbocycles. The predicted octanol–water partition coefficient (Wildman–Crippen LogP) is 2.49. The van der Waals surface area contributed by atoms with E-state index >= 15 is 0 Å². The molecule has 0 unspecified atom stereocenters. The monoisotopic (exact) mass is 391 g/mol. The Labute approximate surface area is 162 Å². The maximum Gasteiger partial charge on any atom is 0.309 e. The van der Waals surface area contributed by atoms with Gasteiger partial charge in [0, 0.05) is 44.2 Å². The van der Waals surface area contributed by atoms with Crippen molar-refractivity contribution in [1.29, 1.82) is 0 Å². The van der Waals surface area contributed by atoms with Crippen LogP contribution < -0.4 is 0 Å². The number of amides is 1. The molecule has 9 heteroatoms. The summed E-state index contributed by atoms with van der Waals surface area (Å²) >= 11 is 5.91. The van der Waals surface area contributed by atoms with Crippen molar-refractivity contribution in [2.45, 2.75) is 26.4 Å². The van der Waals surface area contributed by atoms with Gasteiger partial charge in [0.2, 0.25) is 5.91 Å². The van der Waals surface area contributed by atoms with Gasteiger partial charge in [0.15, 0.2) is 0 Å². The molecule has 1 amide bonds. The number of rotatable bonds is 6. The average Bonchev–Trinajstić information content (AvgIpc) is 3.03. The molecule has 27 heavy (non-hydrogen) atoms. The molecule has 1 aliphatic heterocycles. The number of halogens is 1. The quantitative estimate of drug-likeness (QED) is 0.558. The smallest absolute Gasteiger partial charge is 0.309 e. The van der Waals surface area contributed by atoms with Crippen LogP contribution in [0, 0.1) is 17.0 Å². The molecule has 0 aliphatic carbocycles. The number of nitrogens with zero attached hydrogens (tertiary/aromatic N) is 5. The zero-order chi connectivity index (χ0) is 19.4. The van der Waals surface area contributed by atoms with E-state index in [0.717, 1.165) is 24.7 Å². The fourth-order valence-corrected chi connectivity index (χ4v) is 3.33. The fraction of sp³-hybridized carbons (Fsp3) is 0.444. The average molecular weight is 392 g/mol. The van der Waals surface area contributed by atoms with E-state index in [0.29, 0.717) is 25.3 Å². The molecule has 3 rings (SSSR count). The van der Waals surface area contributed by atoms with E-state index in [2.05, 4.69) is 10.00 Å². The van der Waals surface area contributed by atoms with Crippen LogP contribution in [0.3, 0.4) is 0 Å². The topological polar surface area (TPSA) is 84.5 Å². The molecule has 0 N–H and O–H groups in total. The molecule has 0 saturated carbocycles. The molecular weight excluding hydrogens is 370 g/mol. The minimum absolute atomic E-state index is 0.0155. The van der Waals surface area contributed by atoms with Crippen molar-refractivity contribution in [3.8, 4) is 0 Å². The lowest BCUT2D eigenvalue weighted by molar-refractivity contribution is -0.385. The number of piperazine rings is 1. The molecule has 1 fully saturated rings. The van der Waals surface area contributed by atoms with Gasteiger partial charge in [-0.2, -0.15) is 5.10 Å². The molecule has 1 aromatic heterocycles. The first-order chi connectivity index (χ1) is 12.9. The van der Waals surface area contributed by atoms with Crippen molar-refractivity contribution in [2.75, 3.05) is 26.2 Å². The van der Waals surface area contributed by atoms with Crippen molar-refractivity contribution in [3.05, 3.63) is 56.9 Å².